The van der Waals surface area contributed by atoms with E-state index in [1.54, 1.807) is 0 Å². The van der Waals surface area contributed by atoms with Crippen molar-refractivity contribution in [3.05, 3.63) is 34.9 Å². The molecule has 1 aromatic carbocycles. The highest BCUT2D eigenvalue weighted by atomic mass is 16.1. The molecule has 0 radical (unpaired) electrons. The number of likely N-dealkylation sites (N-methyl/N-ethyl adjacent to an activating group) is 1. The fourth-order valence-electron chi connectivity index (χ4n) is 4.11. The molecule has 0 saturated carbocycles. The molecule has 1 fully saturated rings. The number of hydrogen-bond acceptors (Lipinski definition) is 3. The van der Waals surface area contributed by atoms with Crippen molar-refractivity contribution in [1.29, 1.82) is 0 Å². The zero-order chi connectivity index (χ0) is 17.8. The van der Waals surface area contributed by atoms with Crippen LogP contribution in [0.1, 0.15) is 48.2 Å². The van der Waals surface area contributed by atoms with E-state index in [4.69, 9.17) is 0 Å². The van der Waals surface area contributed by atoms with Crippen LogP contribution in [0, 0.1) is 5.92 Å². The van der Waals surface area contributed by atoms with E-state index in [-0.39, 0.29) is 5.91 Å². The summed E-state index contributed by atoms with van der Waals surface area (Å²) in [7, 11) is 2.18. The van der Waals surface area contributed by atoms with Gasteiger partial charge in [0.25, 0.3) is 5.91 Å². The molecule has 1 aliphatic carbocycles. The Kier molecular flexibility index (Phi) is 6.13. The van der Waals surface area contributed by atoms with Crippen molar-refractivity contribution in [2.45, 2.75) is 45.6 Å². The third-order valence-electron chi connectivity index (χ3n) is 5.86. The molecule has 25 heavy (non-hydrogen) atoms. The van der Waals surface area contributed by atoms with Gasteiger partial charge in [0.05, 0.1) is 0 Å². The highest BCUT2D eigenvalue weighted by Gasteiger charge is 2.25. The Bertz CT molecular complexity index is 591. The monoisotopic (exact) mass is 343 g/mol. The number of piperazine rings is 1. The maximum atomic E-state index is 12.7. The van der Waals surface area contributed by atoms with E-state index >= 15 is 0 Å². The lowest BCUT2D eigenvalue weighted by Gasteiger charge is -2.39. The highest BCUT2D eigenvalue weighted by molar-refractivity contribution is 5.94. The van der Waals surface area contributed by atoms with Crippen LogP contribution in [0.5, 0.6) is 0 Å². The average molecular weight is 344 g/mol. The largest absolute Gasteiger partial charge is 0.350 e. The molecule has 1 heterocycles. The Hall–Kier alpha value is -1.39. The van der Waals surface area contributed by atoms with E-state index in [0.29, 0.717) is 12.0 Å². The van der Waals surface area contributed by atoms with Gasteiger partial charge in [-0.1, -0.05) is 19.9 Å². The second kappa shape index (κ2) is 8.33. The molecule has 0 spiro atoms. The van der Waals surface area contributed by atoms with Gasteiger partial charge in [0.1, 0.15) is 0 Å². The fourth-order valence-corrected chi connectivity index (χ4v) is 4.11. The summed E-state index contributed by atoms with van der Waals surface area (Å²) in [6.45, 7) is 9.66. The second-order valence-electron chi connectivity index (χ2n) is 8.05. The van der Waals surface area contributed by atoms with Gasteiger partial charge in [0, 0.05) is 44.3 Å². The molecule has 1 aliphatic heterocycles. The zero-order valence-corrected chi connectivity index (χ0v) is 16.1. The summed E-state index contributed by atoms with van der Waals surface area (Å²) >= 11 is 0. The lowest BCUT2D eigenvalue weighted by molar-refractivity contribution is 0.0791. The Labute approximate surface area is 152 Å². The normalized spacial score (nSPS) is 20.3. The number of carbonyl (C=O) groups excluding carboxylic acids is 1. The molecular weight excluding hydrogens is 310 g/mol. The highest BCUT2D eigenvalue weighted by Crippen LogP contribution is 2.22. The second-order valence-corrected chi connectivity index (χ2v) is 8.05. The minimum atomic E-state index is 0.0770. The summed E-state index contributed by atoms with van der Waals surface area (Å²) in [5.74, 6) is 0.611. The lowest BCUT2D eigenvalue weighted by Crippen LogP contribution is -2.54. The van der Waals surface area contributed by atoms with Gasteiger partial charge in [-0.25, -0.2) is 0 Å². The van der Waals surface area contributed by atoms with E-state index in [1.165, 1.54) is 24.0 Å². The number of hydrogen-bond donors (Lipinski definition) is 1. The minimum absolute atomic E-state index is 0.0770. The van der Waals surface area contributed by atoms with Gasteiger partial charge in [-0.2, -0.15) is 0 Å². The maximum absolute atomic E-state index is 12.7. The van der Waals surface area contributed by atoms with Crippen molar-refractivity contribution in [3.8, 4) is 0 Å². The van der Waals surface area contributed by atoms with Crippen molar-refractivity contribution in [1.82, 2.24) is 15.1 Å². The van der Waals surface area contributed by atoms with Crippen LogP contribution in [-0.2, 0) is 12.8 Å². The number of nitrogens with zero attached hydrogens (tertiary/aromatic N) is 2. The molecule has 4 heteroatoms. The first kappa shape index (κ1) is 18.4. The molecule has 1 saturated heterocycles. The molecule has 1 N–H and O–H groups in total. The number of aryl methyl sites for hydroxylation is 2. The predicted molar refractivity (Wildman–Crippen MR) is 103 cm³/mol. The van der Waals surface area contributed by atoms with Crippen LogP contribution in [0.4, 0.5) is 0 Å². The van der Waals surface area contributed by atoms with Crippen LogP contribution < -0.4 is 5.32 Å². The third kappa shape index (κ3) is 4.62. The van der Waals surface area contributed by atoms with Crippen molar-refractivity contribution in [3.63, 3.8) is 0 Å². The van der Waals surface area contributed by atoms with Crippen LogP contribution in [0.3, 0.4) is 0 Å². The SMILES string of the molecule is CC(C)C(CNC(=O)c1ccc2c(c1)CCCC2)N1CCN(C)CC1. The van der Waals surface area contributed by atoms with E-state index in [9.17, 15) is 4.79 Å². The van der Waals surface area contributed by atoms with E-state index in [2.05, 4.69) is 48.1 Å². The molecular formula is C21H33N3O. The molecule has 1 aromatic rings. The standard InChI is InChI=1S/C21H33N3O/c1-16(2)20(24-12-10-23(3)11-13-24)15-22-21(25)19-9-8-17-6-4-5-7-18(17)14-19/h8-9,14,16,20H,4-7,10-13,15H2,1-3H3,(H,22,25). The molecule has 4 nitrogen and oxygen atoms in total. The van der Waals surface area contributed by atoms with Gasteiger partial charge in [0.15, 0.2) is 0 Å². The topological polar surface area (TPSA) is 35.6 Å². The van der Waals surface area contributed by atoms with Gasteiger partial charge >= 0.3 is 0 Å². The Morgan fingerprint density at radius 3 is 2.44 bits per heavy atom. The number of benzene rings is 1. The minimum Gasteiger partial charge on any atom is -0.350 e. The molecule has 2 aliphatic rings. The Morgan fingerprint density at radius 1 is 1.08 bits per heavy atom. The predicted octanol–water partition coefficient (Wildman–Crippen LogP) is 2.57. The summed E-state index contributed by atoms with van der Waals surface area (Å²) in [6.07, 6.45) is 4.80. The van der Waals surface area contributed by atoms with Crippen LogP contribution >= 0.6 is 0 Å². The lowest BCUT2D eigenvalue weighted by atomic mass is 9.90. The Balaban J connectivity index is 1.59. The quantitative estimate of drug-likeness (QED) is 0.892. The van der Waals surface area contributed by atoms with Gasteiger partial charge in [-0.15, -0.1) is 0 Å². The summed E-state index contributed by atoms with van der Waals surface area (Å²) in [4.78, 5) is 17.6. The fraction of sp³-hybridized carbons (Fsp3) is 0.667. The van der Waals surface area contributed by atoms with Crippen molar-refractivity contribution >= 4 is 5.91 Å². The van der Waals surface area contributed by atoms with Crippen LogP contribution in [0.25, 0.3) is 0 Å². The van der Waals surface area contributed by atoms with E-state index < -0.39 is 0 Å². The molecule has 138 valence electrons. The van der Waals surface area contributed by atoms with Crippen molar-refractivity contribution in [2.75, 3.05) is 39.8 Å². The number of nitrogens with one attached hydrogen (secondary N) is 1. The molecule has 0 aromatic heterocycles. The number of fused-ring (bicyclic) bond motifs is 1. The molecule has 1 unspecified atom stereocenters. The number of carbonyl (C=O) groups is 1. The summed E-state index contributed by atoms with van der Waals surface area (Å²) in [5.41, 5.74) is 3.63. The van der Waals surface area contributed by atoms with Gasteiger partial charge in [-0.3, -0.25) is 9.69 Å². The number of rotatable bonds is 5. The average Bonchev–Trinajstić information content (AvgIpc) is 2.62. The zero-order valence-electron chi connectivity index (χ0n) is 16.1. The Morgan fingerprint density at radius 2 is 1.76 bits per heavy atom. The van der Waals surface area contributed by atoms with Crippen molar-refractivity contribution < 1.29 is 4.79 Å². The maximum Gasteiger partial charge on any atom is 0.251 e. The summed E-state index contributed by atoms with van der Waals surface area (Å²) in [5, 5.41) is 3.20. The summed E-state index contributed by atoms with van der Waals surface area (Å²) in [6, 6.07) is 6.68. The first-order valence-electron chi connectivity index (χ1n) is 9.87. The van der Waals surface area contributed by atoms with Gasteiger partial charge < -0.3 is 10.2 Å². The van der Waals surface area contributed by atoms with Crippen LogP contribution in [0.2, 0.25) is 0 Å². The van der Waals surface area contributed by atoms with Crippen molar-refractivity contribution in [2.24, 2.45) is 5.92 Å². The third-order valence-corrected chi connectivity index (χ3v) is 5.86. The number of amides is 1. The first-order chi connectivity index (χ1) is 12.0. The van der Waals surface area contributed by atoms with Gasteiger partial charge in [-0.05, 0) is 61.9 Å². The molecule has 0 bridgehead atoms. The van der Waals surface area contributed by atoms with E-state index in [1.807, 2.05) is 6.07 Å². The van der Waals surface area contributed by atoms with Crippen LogP contribution in [0.15, 0.2) is 18.2 Å². The smallest absolute Gasteiger partial charge is 0.251 e. The molecule has 1 atom stereocenters. The van der Waals surface area contributed by atoms with Gasteiger partial charge in [0.2, 0.25) is 0 Å². The first-order valence-corrected chi connectivity index (χ1v) is 9.87. The summed E-state index contributed by atoms with van der Waals surface area (Å²) < 4.78 is 0. The van der Waals surface area contributed by atoms with E-state index in [0.717, 1.165) is 51.1 Å². The molecule has 3 rings (SSSR count). The molecule has 1 amide bonds. The van der Waals surface area contributed by atoms with Crippen LogP contribution in [-0.4, -0.2) is 61.5 Å².